The Morgan fingerprint density at radius 2 is 1.45 bits per heavy atom. The summed E-state index contributed by atoms with van der Waals surface area (Å²) in [6, 6.07) is 0. The molecule has 0 rings (SSSR count). The summed E-state index contributed by atoms with van der Waals surface area (Å²) in [5, 5.41) is 20.9. The predicted octanol–water partition coefficient (Wildman–Crippen LogP) is 2.10. The number of hydrogen-bond donors (Lipinski definition) is 4. The molecule has 0 aromatic heterocycles. The summed E-state index contributed by atoms with van der Waals surface area (Å²) in [6.45, 7) is 2.06. The molecule has 22 heavy (non-hydrogen) atoms. The molecular formula is C17H36N2O3. The number of amides is 1. The lowest BCUT2D eigenvalue weighted by molar-refractivity contribution is -0.121. The second-order valence-electron chi connectivity index (χ2n) is 6.36. The van der Waals surface area contributed by atoms with Crippen LogP contribution in [0.15, 0.2) is 0 Å². The maximum atomic E-state index is 11.6. The van der Waals surface area contributed by atoms with Crippen LogP contribution in [0, 0.1) is 0 Å². The van der Waals surface area contributed by atoms with E-state index in [9.17, 15) is 4.79 Å². The van der Waals surface area contributed by atoms with Crippen molar-refractivity contribution in [3.05, 3.63) is 0 Å². The molecule has 132 valence electrons. The molecule has 5 heteroatoms. The monoisotopic (exact) mass is 316 g/mol. The first-order valence-corrected chi connectivity index (χ1v) is 8.85. The second kappa shape index (κ2) is 14.0. The van der Waals surface area contributed by atoms with Crippen LogP contribution in [0.1, 0.15) is 77.6 Å². The molecule has 0 spiro atoms. The second-order valence-corrected chi connectivity index (χ2v) is 6.36. The van der Waals surface area contributed by atoms with E-state index in [1.54, 1.807) is 0 Å². The van der Waals surface area contributed by atoms with Crippen molar-refractivity contribution in [1.29, 1.82) is 0 Å². The zero-order valence-corrected chi connectivity index (χ0v) is 14.3. The third-order valence-corrected chi connectivity index (χ3v) is 4.08. The van der Waals surface area contributed by atoms with Crippen molar-refractivity contribution in [3.8, 4) is 0 Å². The van der Waals surface area contributed by atoms with Gasteiger partial charge in [-0.15, -0.1) is 0 Å². The van der Waals surface area contributed by atoms with E-state index in [0.29, 0.717) is 19.4 Å². The fourth-order valence-corrected chi connectivity index (χ4v) is 2.34. The van der Waals surface area contributed by atoms with Gasteiger partial charge in [-0.3, -0.25) is 4.79 Å². The van der Waals surface area contributed by atoms with Crippen molar-refractivity contribution in [1.82, 2.24) is 5.32 Å². The molecule has 0 aliphatic rings. The molecule has 0 radical (unpaired) electrons. The lowest BCUT2D eigenvalue weighted by Gasteiger charge is -2.24. The minimum Gasteiger partial charge on any atom is -0.394 e. The van der Waals surface area contributed by atoms with Gasteiger partial charge in [0, 0.05) is 13.0 Å². The van der Waals surface area contributed by atoms with Gasteiger partial charge in [0.1, 0.15) is 0 Å². The number of hydrogen-bond acceptors (Lipinski definition) is 4. The Labute approximate surface area is 135 Å². The number of nitrogens with two attached hydrogens (primary N) is 1. The van der Waals surface area contributed by atoms with Gasteiger partial charge in [0.05, 0.1) is 18.8 Å². The van der Waals surface area contributed by atoms with Crippen molar-refractivity contribution in [3.63, 3.8) is 0 Å². The highest BCUT2D eigenvalue weighted by Crippen LogP contribution is 2.10. The average molecular weight is 316 g/mol. The molecule has 5 N–H and O–H groups in total. The first-order valence-electron chi connectivity index (χ1n) is 8.85. The zero-order chi connectivity index (χ0) is 16.7. The molecule has 0 saturated heterocycles. The highest BCUT2D eigenvalue weighted by Gasteiger charge is 2.22. The summed E-state index contributed by atoms with van der Waals surface area (Å²) >= 11 is 0. The Morgan fingerprint density at radius 1 is 0.955 bits per heavy atom. The molecule has 0 aliphatic carbocycles. The Balaban J connectivity index is 3.40. The number of carbonyl (C=O) groups is 1. The van der Waals surface area contributed by atoms with Crippen LogP contribution in [0.4, 0.5) is 0 Å². The number of unbranched alkanes of at least 4 members (excludes halogenated alkanes) is 8. The number of aliphatic hydroxyl groups is 2. The maximum absolute atomic E-state index is 11.6. The molecule has 5 nitrogen and oxygen atoms in total. The first-order chi connectivity index (χ1) is 10.6. The summed E-state index contributed by atoms with van der Waals surface area (Å²) in [6.07, 6.45) is 12.1. The normalized spacial score (nSPS) is 11.6. The highest BCUT2D eigenvalue weighted by molar-refractivity contribution is 5.75. The standard InChI is InChI=1S/C17H36N2O3/c1-2-3-4-5-6-7-8-9-10-11-16(22)19-13-12-17(18,14-20)15-21/h20-21H,2-15,18H2,1H3,(H,19,22). The van der Waals surface area contributed by atoms with Crippen molar-refractivity contribution in [2.75, 3.05) is 19.8 Å². The van der Waals surface area contributed by atoms with Gasteiger partial charge in [-0.1, -0.05) is 58.3 Å². The Kier molecular flexibility index (Phi) is 13.6. The lowest BCUT2D eigenvalue weighted by atomic mass is 9.99. The van der Waals surface area contributed by atoms with Crippen LogP contribution in [0.2, 0.25) is 0 Å². The fourth-order valence-electron chi connectivity index (χ4n) is 2.34. The fraction of sp³-hybridized carbons (Fsp3) is 0.941. The van der Waals surface area contributed by atoms with Crippen LogP contribution in [0.5, 0.6) is 0 Å². The van der Waals surface area contributed by atoms with Gasteiger partial charge in [-0.25, -0.2) is 0 Å². The summed E-state index contributed by atoms with van der Waals surface area (Å²) in [4.78, 5) is 11.6. The largest absolute Gasteiger partial charge is 0.394 e. The molecule has 0 atom stereocenters. The average Bonchev–Trinajstić information content (AvgIpc) is 2.53. The van der Waals surface area contributed by atoms with Crippen LogP contribution in [0.25, 0.3) is 0 Å². The summed E-state index contributed by atoms with van der Waals surface area (Å²) < 4.78 is 0. The van der Waals surface area contributed by atoms with Gasteiger partial charge < -0.3 is 21.3 Å². The first kappa shape index (κ1) is 21.4. The van der Waals surface area contributed by atoms with Gasteiger partial charge in [0.2, 0.25) is 5.91 Å². The summed E-state index contributed by atoms with van der Waals surface area (Å²) in [5.74, 6) is 0.0289. The van der Waals surface area contributed by atoms with Gasteiger partial charge in [-0.05, 0) is 12.8 Å². The molecule has 0 fully saturated rings. The van der Waals surface area contributed by atoms with E-state index >= 15 is 0 Å². The van der Waals surface area contributed by atoms with E-state index in [1.165, 1.54) is 44.9 Å². The minimum absolute atomic E-state index is 0.0289. The van der Waals surface area contributed by atoms with Gasteiger partial charge in [0.15, 0.2) is 0 Å². The zero-order valence-electron chi connectivity index (χ0n) is 14.3. The third-order valence-electron chi connectivity index (χ3n) is 4.08. The molecule has 0 aromatic rings. The Bertz CT molecular complexity index is 269. The van der Waals surface area contributed by atoms with E-state index < -0.39 is 5.54 Å². The molecular weight excluding hydrogens is 280 g/mol. The smallest absolute Gasteiger partial charge is 0.219 e. The van der Waals surface area contributed by atoms with E-state index in [4.69, 9.17) is 15.9 Å². The van der Waals surface area contributed by atoms with Gasteiger partial charge >= 0.3 is 0 Å². The number of aliphatic hydroxyl groups excluding tert-OH is 2. The SMILES string of the molecule is CCCCCCCCCCCC(=O)NCCC(N)(CO)CO. The van der Waals surface area contributed by atoms with Crippen molar-refractivity contribution < 1.29 is 15.0 Å². The van der Waals surface area contributed by atoms with E-state index in [-0.39, 0.29) is 19.1 Å². The summed E-state index contributed by atoms with van der Waals surface area (Å²) in [7, 11) is 0. The molecule has 0 unspecified atom stereocenters. The predicted molar refractivity (Wildman–Crippen MR) is 90.6 cm³/mol. The van der Waals surface area contributed by atoms with Crippen molar-refractivity contribution >= 4 is 5.91 Å². The Hall–Kier alpha value is -0.650. The van der Waals surface area contributed by atoms with Crippen LogP contribution in [0.3, 0.4) is 0 Å². The lowest BCUT2D eigenvalue weighted by Crippen LogP contribution is -2.49. The number of carbonyl (C=O) groups excluding carboxylic acids is 1. The van der Waals surface area contributed by atoms with Gasteiger partial charge in [0.25, 0.3) is 0 Å². The molecule has 0 bridgehead atoms. The van der Waals surface area contributed by atoms with E-state index in [2.05, 4.69) is 12.2 Å². The molecule has 0 heterocycles. The highest BCUT2D eigenvalue weighted by atomic mass is 16.3. The molecule has 0 aliphatic heterocycles. The van der Waals surface area contributed by atoms with Crippen molar-refractivity contribution in [2.24, 2.45) is 5.73 Å². The Morgan fingerprint density at radius 3 is 1.95 bits per heavy atom. The topological polar surface area (TPSA) is 95.6 Å². The summed E-state index contributed by atoms with van der Waals surface area (Å²) in [5.41, 5.74) is 4.74. The third kappa shape index (κ3) is 12.0. The van der Waals surface area contributed by atoms with Crippen molar-refractivity contribution in [2.45, 2.75) is 83.1 Å². The van der Waals surface area contributed by atoms with E-state index in [0.717, 1.165) is 12.8 Å². The van der Waals surface area contributed by atoms with Crippen LogP contribution < -0.4 is 11.1 Å². The number of nitrogens with one attached hydrogen (secondary N) is 1. The van der Waals surface area contributed by atoms with Crippen LogP contribution >= 0.6 is 0 Å². The minimum atomic E-state index is -0.995. The van der Waals surface area contributed by atoms with Gasteiger partial charge in [-0.2, -0.15) is 0 Å². The van der Waals surface area contributed by atoms with E-state index in [1.807, 2.05) is 0 Å². The molecule has 1 amide bonds. The quantitative estimate of drug-likeness (QED) is 0.348. The maximum Gasteiger partial charge on any atom is 0.219 e. The molecule has 0 saturated carbocycles. The van der Waals surface area contributed by atoms with Crippen LogP contribution in [-0.2, 0) is 4.79 Å². The van der Waals surface area contributed by atoms with Crippen LogP contribution in [-0.4, -0.2) is 41.4 Å². The number of rotatable bonds is 15. The molecule has 0 aromatic carbocycles.